The number of thiocarbonyl (C=S) groups is 1. The standard InChI is InChI=1S/C18H14N4O2S/c23-17(16-12-19-9-10-20-16)22-18(25)21-13-5-4-8-15(11-13)24-14-6-2-1-3-7-14/h1-12H,(H2,21,22,23,25). The summed E-state index contributed by atoms with van der Waals surface area (Å²) < 4.78 is 5.76. The Morgan fingerprint density at radius 2 is 1.80 bits per heavy atom. The zero-order valence-electron chi connectivity index (χ0n) is 13.0. The summed E-state index contributed by atoms with van der Waals surface area (Å²) in [6.45, 7) is 0. The number of para-hydroxylation sites is 1. The van der Waals surface area contributed by atoms with Crippen LogP contribution in [0.3, 0.4) is 0 Å². The molecule has 3 aromatic rings. The van der Waals surface area contributed by atoms with Crippen LogP contribution in [0.5, 0.6) is 11.5 Å². The number of hydrogen-bond donors (Lipinski definition) is 2. The maximum atomic E-state index is 12.0. The summed E-state index contributed by atoms with van der Waals surface area (Å²) in [6, 6.07) is 16.7. The van der Waals surface area contributed by atoms with E-state index in [4.69, 9.17) is 17.0 Å². The number of hydrogen-bond acceptors (Lipinski definition) is 5. The molecule has 2 aromatic carbocycles. The smallest absolute Gasteiger partial charge is 0.277 e. The molecule has 1 heterocycles. The van der Waals surface area contributed by atoms with E-state index in [2.05, 4.69) is 20.6 Å². The quantitative estimate of drug-likeness (QED) is 0.703. The van der Waals surface area contributed by atoms with Crippen molar-refractivity contribution >= 4 is 28.9 Å². The van der Waals surface area contributed by atoms with Gasteiger partial charge in [0.05, 0.1) is 6.20 Å². The maximum Gasteiger partial charge on any atom is 0.277 e. The number of benzene rings is 2. The fourth-order valence-electron chi connectivity index (χ4n) is 2.01. The number of nitrogens with zero attached hydrogens (tertiary/aromatic N) is 2. The van der Waals surface area contributed by atoms with Crippen LogP contribution in [0.2, 0.25) is 0 Å². The molecule has 0 aliphatic heterocycles. The first-order valence-corrected chi connectivity index (χ1v) is 7.83. The molecule has 0 atom stereocenters. The Labute approximate surface area is 149 Å². The Morgan fingerprint density at radius 1 is 1.00 bits per heavy atom. The predicted octanol–water partition coefficient (Wildman–Crippen LogP) is 3.40. The van der Waals surface area contributed by atoms with Gasteiger partial charge in [-0.25, -0.2) is 4.98 Å². The minimum atomic E-state index is -0.428. The summed E-state index contributed by atoms with van der Waals surface area (Å²) in [7, 11) is 0. The van der Waals surface area contributed by atoms with Crippen LogP contribution >= 0.6 is 12.2 Å². The first-order chi connectivity index (χ1) is 12.2. The average Bonchev–Trinajstić information content (AvgIpc) is 2.63. The topological polar surface area (TPSA) is 76.1 Å². The van der Waals surface area contributed by atoms with Crippen molar-refractivity contribution in [2.24, 2.45) is 0 Å². The van der Waals surface area contributed by atoms with E-state index in [1.807, 2.05) is 48.5 Å². The summed E-state index contributed by atoms with van der Waals surface area (Å²) in [6.07, 6.45) is 4.30. The van der Waals surface area contributed by atoms with Crippen LogP contribution in [0.1, 0.15) is 10.5 Å². The number of aromatic nitrogens is 2. The molecular weight excluding hydrogens is 336 g/mol. The third kappa shape index (κ3) is 4.82. The second kappa shape index (κ2) is 7.98. The predicted molar refractivity (Wildman–Crippen MR) is 98.7 cm³/mol. The average molecular weight is 350 g/mol. The maximum absolute atomic E-state index is 12.0. The molecule has 0 radical (unpaired) electrons. The summed E-state index contributed by atoms with van der Waals surface area (Å²) in [5, 5.41) is 5.65. The molecule has 0 bridgehead atoms. The Kier molecular flexibility index (Phi) is 5.28. The number of anilines is 1. The summed E-state index contributed by atoms with van der Waals surface area (Å²) in [4.78, 5) is 19.8. The molecule has 124 valence electrons. The van der Waals surface area contributed by atoms with Crippen molar-refractivity contribution in [3.05, 3.63) is 78.9 Å². The van der Waals surface area contributed by atoms with Gasteiger partial charge in [0, 0.05) is 24.1 Å². The van der Waals surface area contributed by atoms with Crippen molar-refractivity contribution in [2.45, 2.75) is 0 Å². The van der Waals surface area contributed by atoms with Crippen molar-refractivity contribution in [2.75, 3.05) is 5.32 Å². The molecule has 0 saturated heterocycles. The fraction of sp³-hybridized carbons (Fsp3) is 0. The monoisotopic (exact) mass is 350 g/mol. The number of nitrogens with one attached hydrogen (secondary N) is 2. The van der Waals surface area contributed by atoms with Crippen LogP contribution < -0.4 is 15.4 Å². The Morgan fingerprint density at radius 3 is 2.56 bits per heavy atom. The van der Waals surface area contributed by atoms with Gasteiger partial charge >= 0.3 is 0 Å². The van der Waals surface area contributed by atoms with E-state index in [1.54, 1.807) is 6.07 Å². The molecule has 0 aliphatic rings. The van der Waals surface area contributed by atoms with Crippen molar-refractivity contribution < 1.29 is 9.53 Å². The van der Waals surface area contributed by atoms with Gasteiger partial charge in [-0.15, -0.1) is 0 Å². The molecule has 1 amide bonds. The van der Waals surface area contributed by atoms with Gasteiger partial charge in [0.2, 0.25) is 0 Å². The minimum Gasteiger partial charge on any atom is -0.457 e. The number of carbonyl (C=O) groups is 1. The van der Waals surface area contributed by atoms with Crippen molar-refractivity contribution in [3.8, 4) is 11.5 Å². The fourth-order valence-corrected chi connectivity index (χ4v) is 2.22. The zero-order valence-corrected chi connectivity index (χ0v) is 13.9. The molecule has 0 aliphatic carbocycles. The molecule has 7 heteroatoms. The second-order valence-corrected chi connectivity index (χ2v) is 5.35. The van der Waals surface area contributed by atoms with Crippen molar-refractivity contribution in [1.29, 1.82) is 0 Å². The van der Waals surface area contributed by atoms with Gasteiger partial charge in [-0.1, -0.05) is 24.3 Å². The largest absolute Gasteiger partial charge is 0.457 e. The third-order valence-electron chi connectivity index (χ3n) is 3.09. The van der Waals surface area contributed by atoms with Gasteiger partial charge in [-0.3, -0.25) is 15.1 Å². The molecular formula is C18H14N4O2S. The number of ether oxygens (including phenoxy) is 1. The van der Waals surface area contributed by atoms with Crippen LogP contribution in [0, 0.1) is 0 Å². The first-order valence-electron chi connectivity index (χ1n) is 7.42. The Hall–Kier alpha value is -3.32. The zero-order chi connectivity index (χ0) is 17.5. The van der Waals surface area contributed by atoms with E-state index in [0.717, 1.165) is 5.75 Å². The van der Waals surface area contributed by atoms with Crippen LogP contribution in [0.4, 0.5) is 5.69 Å². The van der Waals surface area contributed by atoms with Crippen LogP contribution in [-0.2, 0) is 0 Å². The highest BCUT2D eigenvalue weighted by atomic mass is 32.1. The lowest BCUT2D eigenvalue weighted by Gasteiger charge is -2.11. The van der Waals surface area contributed by atoms with E-state index >= 15 is 0 Å². The van der Waals surface area contributed by atoms with E-state index in [-0.39, 0.29) is 10.8 Å². The highest BCUT2D eigenvalue weighted by molar-refractivity contribution is 7.80. The Balaban J connectivity index is 1.62. The molecule has 0 saturated carbocycles. The molecule has 0 unspecified atom stereocenters. The highest BCUT2D eigenvalue weighted by Crippen LogP contribution is 2.23. The lowest BCUT2D eigenvalue weighted by atomic mass is 10.3. The van der Waals surface area contributed by atoms with Gasteiger partial charge in [0.15, 0.2) is 5.11 Å². The van der Waals surface area contributed by atoms with Crippen LogP contribution in [0.25, 0.3) is 0 Å². The first kappa shape index (κ1) is 16.5. The van der Waals surface area contributed by atoms with Crippen molar-refractivity contribution in [3.63, 3.8) is 0 Å². The molecule has 1 aromatic heterocycles. The summed E-state index contributed by atoms with van der Waals surface area (Å²) in [5.74, 6) is 0.958. The SMILES string of the molecule is O=C(NC(=S)Nc1cccc(Oc2ccccc2)c1)c1cnccn1. The van der Waals surface area contributed by atoms with E-state index in [9.17, 15) is 4.79 Å². The van der Waals surface area contributed by atoms with Crippen molar-refractivity contribution in [1.82, 2.24) is 15.3 Å². The third-order valence-corrected chi connectivity index (χ3v) is 3.30. The second-order valence-electron chi connectivity index (χ2n) is 4.94. The minimum absolute atomic E-state index is 0.160. The van der Waals surface area contributed by atoms with Crippen LogP contribution in [-0.4, -0.2) is 21.0 Å². The van der Waals surface area contributed by atoms with Gasteiger partial charge in [0.1, 0.15) is 17.2 Å². The lowest BCUT2D eigenvalue weighted by molar-refractivity contribution is 0.0972. The number of rotatable bonds is 4. The normalized spacial score (nSPS) is 9.92. The number of amides is 1. The molecule has 6 nitrogen and oxygen atoms in total. The highest BCUT2D eigenvalue weighted by Gasteiger charge is 2.09. The van der Waals surface area contributed by atoms with E-state index < -0.39 is 5.91 Å². The Bertz CT molecular complexity index is 873. The molecule has 2 N–H and O–H groups in total. The molecule has 0 spiro atoms. The molecule has 3 rings (SSSR count). The molecule has 0 fully saturated rings. The summed E-state index contributed by atoms with van der Waals surface area (Å²) in [5.41, 5.74) is 0.880. The number of carbonyl (C=O) groups excluding carboxylic acids is 1. The van der Waals surface area contributed by atoms with E-state index in [0.29, 0.717) is 11.4 Å². The van der Waals surface area contributed by atoms with Crippen LogP contribution in [0.15, 0.2) is 73.2 Å². The van der Waals surface area contributed by atoms with E-state index in [1.165, 1.54) is 18.6 Å². The lowest BCUT2D eigenvalue weighted by Crippen LogP contribution is -2.34. The van der Waals surface area contributed by atoms with Gasteiger partial charge in [-0.2, -0.15) is 0 Å². The van der Waals surface area contributed by atoms with Gasteiger partial charge < -0.3 is 10.1 Å². The molecule has 25 heavy (non-hydrogen) atoms. The van der Waals surface area contributed by atoms with Gasteiger partial charge in [0.25, 0.3) is 5.91 Å². The van der Waals surface area contributed by atoms with Gasteiger partial charge in [-0.05, 0) is 36.5 Å². The summed E-state index contributed by atoms with van der Waals surface area (Å²) >= 11 is 5.15.